The van der Waals surface area contributed by atoms with E-state index in [-0.39, 0.29) is 24.5 Å². The second-order valence-corrected chi connectivity index (χ2v) is 6.35. The number of nitrogens with one attached hydrogen (secondary N) is 2. The lowest BCUT2D eigenvalue weighted by atomic mass is 10.1. The highest BCUT2D eigenvalue weighted by atomic mass is 19.1. The molecule has 11 heteroatoms. The zero-order valence-electron chi connectivity index (χ0n) is 14.9. The van der Waals surface area contributed by atoms with Crippen molar-refractivity contribution in [2.75, 3.05) is 11.9 Å². The number of imidazole rings is 1. The Morgan fingerprint density at radius 3 is 2.93 bits per heavy atom. The van der Waals surface area contributed by atoms with Gasteiger partial charge in [-0.15, -0.1) is 0 Å². The van der Waals surface area contributed by atoms with E-state index in [0.29, 0.717) is 17.8 Å². The van der Waals surface area contributed by atoms with Gasteiger partial charge >= 0.3 is 17.9 Å². The van der Waals surface area contributed by atoms with E-state index in [0.717, 1.165) is 5.56 Å². The van der Waals surface area contributed by atoms with Crippen molar-refractivity contribution in [3.8, 4) is 17.1 Å². The Labute approximate surface area is 163 Å². The first-order valence-electron chi connectivity index (χ1n) is 8.62. The molecular formula is C18H15FN6O4. The standard InChI is InChI=1S/C18H15FN6O4/c19-15-5-4-12(7-20-15)11-2-1-3-13(6-11)21-17(26)22-14-8-24-9-16(25(27)28)23-18(24)29-10-14/h1-7,9,14H,8,10H2,(H2,21,22,26)/t14-/m0/s1. The monoisotopic (exact) mass is 398 g/mol. The number of nitro groups is 1. The van der Waals surface area contributed by atoms with Crippen molar-refractivity contribution in [2.45, 2.75) is 12.6 Å². The van der Waals surface area contributed by atoms with E-state index in [9.17, 15) is 19.3 Å². The Balaban J connectivity index is 1.39. The number of aromatic nitrogens is 3. The summed E-state index contributed by atoms with van der Waals surface area (Å²) >= 11 is 0. The molecule has 2 aromatic heterocycles. The smallest absolute Gasteiger partial charge is 0.414 e. The van der Waals surface area contributed by atoms with Gasteiger partial charge in [0, 0.05) is 22.4 Å². The zero-order valence-corrected chi connectivity index (χ0v) is 14.9. The van der Waals surface area contributed by atoms with Crippen LogP contribution in [0.4, 0.5) is 20.7 Å². The summed E-state index contributed by atoms with van der Waals surface area (Å²) in [7, 11) is 0. The molecule has 1 aromatic carbocycles. The predicted octanol–water partition coefficient (Wildman–Crippen LogP) is 2.58. The van der Waals surface area contributed by atoms with Crippen molar-refractivity contribution in [1.82, 2.24) is 19.9 Å². The molecule has 0 spiro atoms. The molecule has 0 saturated carbocycles. The lowest BCUT2D eigenvalue weighted by Gasteiger charge is -2.23. The van der Waals surface area contributed by atoms with Gasteiger partial charge < -0.3 is 25.5 Å². The van der Waals surface area contributed by atoms with Crippen LogP contribution in [0.3, 0.4) is 0 Å². The fourth-order valence-corrected chi connectivity index (χ4v) is 2.95. The molecule has 148 valence electrons. The van der Waals surface area contributed by atoms with Crippen LogP contribution in [0.5, 0.6) is 6.01 Å². The summed E-state index contributed by atoms with van der Waals surface area (Å²) < 4.78 is 19.8. The number of urea groups is 1. The van der Waals surface area contributed by atoms with Gasteiger partial charge in [-0.3, -0.25) is 4.57 Å². The van der Waals surface area contributed by atoms with Crippen LogP contribution in [-0.2, 0) is 6.54 Å². The number of carbonyl (C=O) groups excluding carboxylic acids is 1. The Morgan fingerprint density at radius 2 is 2.17 bits per heavy atom. The molecule has 1 aliphatic heterocycles. The summed E-state index contributed by atoms with van der Waals surface area (Å²) in [4.78, 5) is 29.9. The number of carbonyl (C=O) groups is 1. The molecule has 0 radical (unpaired) electrons. The fourth-order valence-electron chi connectivity index (χ4n) is 2.95. The Morgan fingerprint density at radius 1 is 1.31 bits per heavy atom. The molecule has 2 amide bonds. The van der Waals surface area contributed by atoms with Gasteiger partial charge in [0.1, 0.15) is 12.8 Å². The molecule has 3 aromatic rings. The number of ether oxygens (including phenoxy) is 1. The first-order chi connectivity index (χ1) is 14.0. The van der Waals surface area contributed by atoms with Crippen molar-refractivity contribution in [3.63, 3.8) is 0 Å². The number of anilines is 1. The predicted molar refractivity (Wildman–Crippen MR) is 99.9 cm³/mol. The van der Waals surface area contributed by atoms with Gasteiger partial charge in [0.15, 0.2) is 0 Å². The van der Waals surface area contributed by atoms with Crippen molar-refractivity contribution in [3.05, 3.63) is 64.9 Å². The highest BCUT2D eigenvalue weighted by Gasteiger charge is 2.28. The summed E-state index contributed by atoms with van der Waals surface area (Å²) in [6, 6.07) is 9.21. The van der Waals surface area contributed by atoms with Crippen LogP contribution < -0.4 is 15.4 Å². The minimum absolute atomic E-state index is 0.142. The number of hydrogen-bond acceptors (Lipinski definition) is 6. The average molecular weight is 398 g/mol. The molecule has 1 aliphatic rings. The van der Waals surface area contributed by atoms with Crippen molar-refractivity contribution in [1.29, 1.82) is 0 Å². The normalized spacial score (nSPS) is 15.1. The van der Waals surface area contributed by atoms with Crippen molar-refractivity contribution < 1.29 is 18.8 Å². The quantitative estimate of drug-likeness (QED) is 0.395. The van der Waals surface area contributed by atoms with Crippen LogP contribution in [0.2, 0.25) is 0 Å². The first kappa shape index (κ1) is 18.3. The maximum Gasteiger partial charge on any atom is 0.414 e. The number of halogens is 1. The molecule has 0 bridgehead atoms. The Bertz CT molecular complexity index is 1070. The van der Waals surface area contributed by atoms with Gasteiger partial charge in [-0.25, -0.2) is 9.78 Å². The van der Waals surface area contributed by atoms with Gasteiger partial charge in [0.2, 0.25) is 5.95 Å². The number of amides is 2. The van der Waals surface area contributed by atoms with Crippen LogP contribution in [-0.4, -0.2) is 38.1 Å². The highest BCUT2D eigenvalue weighted by Crippen LogP contribution is 2.23. The van der Waals surface area contributed by atoms with Gasteiger partial charge in [-0.1, -0.05) is 12.1 Å². The molecule has 2 N–H and O–H groups in total. The molecule has 0 fully saturated rings. The third-order valence-electron chi connectivity index (χ3n) is 4.26. The van der Waals surface area contributed by atoms with Gasteiger partial charge in [-0.05, 0) is 34.8 Å². The third kappa shape index (κ3) is 4.13. The van der Waals surface area contributed by atoms with Crippen molar-refractivity contribution >= 4 is 17.5 Å². The summed E-state index contributed by atoms with van der Waals surface area (Å²) in [6.45, 7) is 0.438. The summed E-state index contributed by atoms with van der Waals surface area (Å²) in [6.07, 6.45) is 2.68. The molecule has 29 heavy (non-hydrogen) atoms. The van der Waals surface area contributed by atoms with E-state index in [1.807, 2.05) is 6.07 Å². The van der Waals surface area contributed by atoms with E-state index >= 15 is 0 Å². The number of hydrogen-bond donors (Lipinski definition) is 2. The second kappa shape index (κ2) is 7.54. The number of pyridine rings is 1. The lowest BCUT2D eigenvalue weighted by Crippen LogP contribution is -2.46. The van der Waals surface area contributed by atoms with E-state index in [1.165, 1.54) is 23.0 Å². The van der Waals surface area contributed by atoms with Gasteiger partial charge in [0.05, 0.1) is 12.6 Å². The van der Waals surface area contributed by atoms with Crippen LogP contribution in [0.25, 0.3) is 11.1 Å². The van der Waals surface area contributed by atoms with Crippen LogP contribution >= 0.6 is 0 Å². The van der Waals surface area contributed by atoms with E-state index in [4.69, 9.17) is 4.74 Å². The highest BCUT2D eigenvalue weighted by molar-refractivity contribution is 5.90. The maximum atomic E-state index is 13.0. The van der Waals surface area contributed by atoms with Crippen molar-refractivity contribution in [2.24, 2.45) is 0 Å². The average Bonchev–Trinajstić information content (AvgIpc) is 3.12. The van der Waals surface area contributed by atoms with E-state index in [1.54, 1.807) is 24.3 Å². The van der Waals surface area contributed by atoms with E-state index in [2.05, 4.69) is 20.6 Å². The molecule has 3 heterocycles. The minimum atomic E-state index is -0.604. The fraction of sp³-hybridized carbons (Fsp3) is 0.167. The SMILES string of the molecule is O=C(Nc1cccc(-c2ccc(F)nc2)c1)N[C@@H]1COc2nc([N+](=O)[O-])cn2C1. The van der Waals surface area contributed by atoms with Gasteiger partial charge in [-0.2, -0.15) is 4.39 Å². The molecule has 10 nitrogen and oxygen atoms in total. The molecule has 0 aliphatic carbocycles. The number of fused-ring (bicyclic) bond motifs is 1. The summed E-state index contributed by atoms with van der Waals surface area (Å²) in [5.41, 5.74) is 2.03. The third-order valence-corrected chi connectivity index (χ3v) is 4.26. The summed E-state index contributed by atoms with van der Waals surface area (Å²) in [5.74, 6) is -0.874. The number of nitrogens with zero attached hydrogens (tertiary/aromatic N) is 4. The molecule has 0 saturated heterocycles. The van der Waals surface area contributed by atoms with Crippen LogP contribution in [0, 0.1) is 16.1 Å². The Hall–Kier alpha value is -4.02. The Kier molecular flexibility index (Phi) is 4.77. The second-order valence-electron chi connectivity index (χ2n) is 6.35. The van der Waals surface area contributed by atoms with E-state index < -0.39 is 16.9 Å². The maximum absolute atomic E-state index is 13.0. The summed E-state index contributed by atoms with van der Waals surface area (Å²) in [5, 5.41) is 16.3. The van der Waals surface area contributed by atoms with Crippen LogP contribution in [0.1, 0.15) is 0 Å². The molecular weight excluding hydrogens is 383 g/mol. The molecule has 1 atom stereocenters. The topological polar surface area (TPSA) is 124 Å². The molecule has 4 rings (SSSR count). The lowest BCUT2D eigenvalue weighted by molar-refractivity contribution is -0.389. The number of rotatable bonds is 4. The zero-order chi connectivity index (χ0) is 20.4. The minimum Gasteiger partial charge on any atom is -0.444 e. The number of benzene rings is 1. The largest absolute Gasteiger partial charge is 0.444 e. The van der Waals surface area contributed by atoms with Crippen LogP contribution in [0.15, 0.2) is 48.8 Å². The van der Waals surface area contributed by atoms with Gasteiger partial charge in [0.25, 0.3) is 0 Å². The molecule has 0 unspecified atom stereocenters. The first-order valence-corrected chi connectivity index (χ1v) is 8.62.